The lowest BCUT2D eigenvalue weighted by molar-refractivity contribution is -0.155. The maximum atomic E-state index is 13.0. The Hall–Kier alpha value is -3.36. The first-order valence-corrected chi connectivity index (χ1v) is 22.1. The van der Waals surface area contributed by atoms with Crippen molar-refractivity contribution >= 4 is 33.5 Å². The lowest BCUT2D eigenvalue weighted by Gasteiger charge is -2.23. The highest BCUT2D eigenvalue weighted by atomic mass is 16.6. The number of carbonyl (C=O) groups excluding carboxylic acids is 2. The minimum absolute atomic E-state index is 0.160. The molecule has 0 heterocycles. The van der Waals surface area contributed by atoms with Crippen LogP contribution >= 0.6 is 0 Å². The molecule has 0 radical (unpaired) electrons. The zero-order valence-corrected chi connectivity index (χ0v) is 35.9. The van der Waals surface area contributed by atoms with Gasteiger partial charge in [-0.25, -0.2) is 0 Å². The summed E-state index contributed by atoms with van der Waals surface area (Å²) in [6.45, 7) is 15.0. The van der Waals surface area contributed by atoms with Crippen molar-refractivity contribution in [1.29, 1.82) is 0 Å². The van der Waals surface area contributed by atoms with Gasteiger partial charge in [0.25, 0.3) is 0 Å². The Morgan fingerprint density at radius 3 is 1.21 bits per heavy atom. The molecule has 56 heavy (non-hydrogen) atoms. The van der Waals surface area contributed by atoms with Gasteiger partial charge in [0.2, 0.25) is 0 Å². The normalized spacial score (nSPS) is 12.5. The van der Waals surface area contributed by atoms with E-state index in [4.69, 9.17) is 28.4 Å². The molecule has 2 atom stereocenters. The maximum Gasteiger partial charge on any atom is 0.306 e. The van der Waals surface area contributed by atoms with E-state index >= 15 is 0 Å². The number of benzene rings is 3. The summed E-state index contributed by atoms with van der Waals surface area (Å²) in [5, 5.41) is 3.59. The van der Waals surface area contributed by atoms with E-state index in [9.17, 15) is 9.59 Å². The van der Waals surface area contributed by atoms with Gasteiger partial charge in [-0.3, -0.25) is 9.59 Å². The number of esters is 2. The van der Waals surface area contributed by atoms with Gasteiger partial charge in [-0.1, -0.05) is 140 Å². The number of aryl methyl sites for hydroxylation is 2. The average molecular weight is 779 g/mol. The number of unbranched alkanes of at least 4 members (excludes halogenated alkanes) is 12. The third kappa shape index (κ3) is 17.4. The molecule has 0 aliphatic carbocycles. The van der Waals surface area contributed by atoms with Crippen LogP contribution in [0, 0.1) is 13.8 Å². The second kappa shape index (κ2) is 28.1. The minimum Gasteiger partial charge on any atom is -0.488 e. The van der Waals surface area contributed by atoms with Crippen molar-refractivity contribution in [2.75, 3.05) is 39.6 Å². The van der Waals surface area contributed by atoms with Crippen LogP contribution in [0.5, 0.6) is 11.5 Å². The molecular weight excluding hydrogens is 705 g/mol. The van der Waals surface area contributed by atoms with Crippen molar-refractivity contribution in [3.63, 3.8) is 0 Å². The topological polar surface area (TPSA) is 89.5 Å². The van der Waals surface area contributed by atoms with E-state index in [1.807, 2.05) is 0 Å². The fourth-order valence-electron chi connectivity index (χ4n) is 6.85. The van der Waals surface area contributed by atoms with Crippen LogP contribution in [-0.2, 0) is 28.5 Å². The molecule has 0 bridgehead atoms. The van der Waals surface area contributed by atoms with Crippen LogP contribution in [-0.4, -0.2) is 63.8 Å². The average Bonchev–Trinajstić information content (AvgIpc) is 3.18. The lowest BCUT2D eigenvalue weighted by Crippen LogP contribution is -2.30. The van der Waals surface area contributed by atoms with E-state index in [0.717, 1.165) is 123 Å². The van der Waals surface area contributed by atoms with Gasteiger partial charge in [0.1, 0.15) is 24.7 Å². The third-order valence-electron chi connectivity index (χ3n) is 10.1. The Labute approximate surface area is 338 Å². The molecule has 0 aromatic heterocycles. The summed E-state index contributed by atoms with van der Waals surface area (Å²) in [6, 6.07) is 12.5. The highest BCUT2D eigenvalue weighted by Crippen LogP contribution is 2.44. The van der Waals surface area contributed by atoms with Gasteiger partial charge in [0.15, 0.2) is 12.2 Å². The molecule has 0 spiro atoms. The molecular formula is C48H74O8. The molecule has 0 amide bonds. The zero-order valence-electron chi connectivity index (χ0n) is 35.9. The highest BCUT2D eigenvalue weighted by molar-refractivity contribution is 6.11. The van der Waals surface area contributed by atoms with Crippen LogP contribution in [0.1, 0.15) is 154 Å². The molecule has 0 N–H and O–H groups in total. The van der Waals surface area contributed by atoms with E-state index in [2.05, 4.69) is 77.9 Å². The van der Waals surface area contributed by atoms with Gasteiger partial charge < -0.3 is 28.4 Å². The van der Waals surface area contributed by atoms with E-state index < -0.39 is 12.2 Å². The number of fused-ring (bicyclic) bond motifs is 2. The van der Waals surface area contributed by atoms with Gasteiger partial charge in [-0.15, -0.1) is 0 Å². The molecule has 8 nitrogen and oxygen atoms in total. The number of rotatable bonds is 32. The van der Waals surface area contributed by atoms with Crippen LogP contribution in [0.3, 0.4) is 0 Å². The summed E-state index contributed by atoms with van der Waals surface area (Å²) in [5.74, 6) is 0.998. The van der Waals surface area contributed by atoms with E-state index in [1.54, 1.807) is 0 Å². The van der Waals surface area contributed by atoms with Crippen molar-refractivity contribution in [1.82, 2.24) is 0 Å². The first-order chi connectivity index (χ1) is 27.3. The maximum absolute atomic E-state index is 13.0. The smallest absolute Gasteiger partial charge is 0.306 e. The molecule has 0 aliphatic rings. The molecule has 0 aliphatic heterocycles. The highest BCUT2D eigenvalue weighted by Gasteiger charge is 2.23. The number of ether oxygens (including phenoxy) is 6. The van der Waals surface area contributed by atoms with Crippen molar-refractivity contribution in [2.45, 2.75) is 169 Å². The zero-order chi connectivity index (χ0) is 40.4. The number of hydrogen-bond acceptors (Lipinski definition) is 8. The molecule has 0 saturated carbocycles. The van der Waals surface area contributed by atoms with Gasteiger partial charge in [0, 0.05) is 47.6 Å². The Kier molecular flexibility index (Phi) is 23.6. The first kappa shape index (κ1) is 47.0. The summed E-state index contributed by atoms with van der Waals surface area (Å²) in [6.07, 6.45) is 16.7. The summed E-state index contributed by atoms with van der Waals surface area (Å²) in [7, 11) is 0. The lowest BCUT2D eigenvalue weighted by atomic mass is 9.97. The molecule has 0 saturated heterocycles. The van der Waals surface area contributed by atoms with E-state index in [0.29, 0.717) is 37.6 Å². The van der Waals surface area contributed by atoms with Gasteiger partial charge >= 0.3 is 11.9 Å². The van der Waals surface area contributed by atoms with Crippen LogP contribution in [0.2, 0.25) is 0 Å². The van der Waals surface area contributed by atoms with Gasteiger partial charge in [-0.05, 0) is 51.7 Å². The summed E-state index contributed by atoms with van der Waals surface area (Å²) in [4.78, 5) is 25.9. The minimum atomic E-state index is -0.546. The Morgan fingerprint density at radius 2 is 0.839 bits per heavy atom. The van der Waals surface area contributed by atoms with Gasteiger partial charge in [-0.2, -0.15) is 0 Å². The number of carbonyl (C=O) groups is 2. The molecule has 314 valence electrons. The van der Waals surface area contributed by atoms with Crippen molar-refractivity contribution in [2.24, 2.45) is 0 Å². The fraction of sp³-hybridized carbons (Fsp3) is 0.667. The quantitative estimate of drug-likeness (QED) is 0.0352. The monoisotopic (exact) mass is 779 g/mol. The molecule has 3 aromatic rings. The van der Waals surface area contributed by atoms with Crippen molar-refractivity contribution in [3.05, 3.63) is 47.5 Å². The van der Waals surface area contributed by atoms with Gasteiger partial charge in [0.05, 0.1) is 13.2 Å². The first-order valence-electron chi connectivity index (χ1n) is 22.1. The predicted molar refractivity (Wildman–Crippen MR) is 229 cm³/mol. The Morgan fingerprint density at radius 1 is 0.464 bits per heavy atom. The van der Waals surface area contributed by atoms with Crippen LogP contribution in [0.15, 0.2) is 36.4 Å². The Balaban J connectivity index is 1.89. The molecule has 8 heteroatoms. The number of hydrogen-bond donors (Lipinski definition) is 0. The largest absolute Gasteiger partial charge is 0.488 e. The molecule has 3 aromatic carbocycles. The molecule has 2 unspecified atom stereocenters. The third-order valence-corrected chi connectivity index (χ3v) is 10.1. The second-order valence-electron chi connectivity index (χ2n) is 15.5. The van der Waals surface area contributed by atoms with Crippen molar-refractivity contribution in [3.8, 4) is 11.5 Å². The molecule has 0 fully saturated rings. The van der Waals surface area contributed by atoms with E-state index in [1.165, 1.54) is 12.8 Å². The SMILES string of the molecule is CCCCCCOCC(COc1c2ccc(C)cc2c(OCC(COCCCCCC)OC(=O)CCCCCC)c2ccc(C)cc12)OC(=O)CCCCCC. The summed E-state index contributed by atoms with van der Waals surface area (Å²) < 4.78 is 37.5. The van der Waals surface area contributed by atoms with Crippen LogP contribution in [0.25, 0.3) is 21.5 Å². The predicted octanol–water partition coefficient (Wildman–Crippen LogP) is 12.3. The van der Waals surface area contributed by atoms with Crippen molar-refractivity contribution < 1.29 is 38.0 Å². The van der Waals surface area contributed by atoms with Crippen LogP contribution in [0.4, 0.5) is 0 Å². The fourth-order valence-corrected chi connectivity index (χ4v) is 6.85. The Bertz CT molecular complexity index is 1440. The standard InChI is InChI=1S/C48H74O8/c1-7-11-15-19-23-45(49)55-39(33-51-29-21-17-13-9-3)35-53-47-41-27-25-38(6)32-44(41)48(42-28-26-37(5)31-43(42)47)54-36-40(34-52-30-22-18-14-10-4)56-46(50)24-20-16-12-8-2/h25-28,31-32,39-40H,7-24,29-30,33-36H2,1-6H3. The summed E-state index contributed by atoms with van der Waals surface area (Å²) in [5.41, 5.74) is 2.16. The van der Waals surface area contributed by atoms with Crippen LogP contribution < -0.4 is 9.47 Å². The summed E-state index contributed by atoms with van der Waals surface area (Å²) >= 11 is 0. The molecule has 3 rings (SSSR count). The second-order valence-corrected chi connectivity index (χ2v) is 15.5. The van der Waals surface area contributed by atoms with E-state index in [-0.39, 0.29) is 38.4 Å².